The number of carbonyl (C=O) groups excluding carboxylic acids is 3. The molecule has 2 aliphatic heterocycles. The van der Waals surface area contributed by atoms with Crippen LogP contribution >= 0.6 is 0 Å². The average Bonchev–Trinajstić information content (AvgIpc) is 3.19. The Labute approximate surface area is 183 Å². The minimum Gasteiger partial charge on any atom is -0.343 e. The van der Waals surface area contributed by atoms with Crippen LogP contribution in [0, 0.1) is 5.92 Å². The Morgan fingerprint density at radius 3 is 2.74 bits per heavy atom. The third kappa shape index (κ3) is 5.03. The van der Waals surface area contributed by atoms with Crippen molar-refractivity contribution >= 4 is 28.6 Å². The van der Waals surface area contributed by atoms with Crippen molar-refractivity contribution in [2.24, 2.45) is 5.92 Å². The van der Waals surface area contributed by atoms with Crippen LogP contribution < -0.4 is 0 Å². The predicted molar refractivity (Wildman–Crippen MR) is 118 cm³/mol. The summed E-state index contributed by atoms with van der Waals surface area (Å²) >= 11 is 0. The molecule has 1 aromatic carbocycles. The molecule has 0 unspecified atom stereocenters. The Bertz CT molecular complexity index is 976. The Balaban J connectivity index is 1.31. The molecule has 2 fully saturated rings. The highest BCUT2D eigenvalue weighted by Gasteiger charge is 2.32. The fraction of sp³-hybridized carbons (Fsp3) is 0.500. The first-order valence-corrected chi connectivity index (χ1v) is 11.2. The zero-order valence-corrected chi connectivity index (χ0v) is 18.1. The van der Waals surface area contributed by atoms with Crippen molar-refractivity contribution in [2.75, 3.05) is 33.2 Å². The number of amides is 3. The van der Waals surface area contributed by atoms with Crippen LogP contribution in [-0.4, -0.2) is 70.6 Å². The lowest BCUT2D eigenvalue weighted by Gasteiger charge is -2.34. The van der Waals surface area contributed by atoms with E-state index in [9.17, 15) is 14.4 Å². The van der Waals surface area contributed by atoms with Gasteiger partial charge in [-0.15, -0.1) is 0 Å². The van der Waals surface area contributed by atoms with Crippen molar-refractivity contribution in [3.63, 3.8) is 0 Å². The van der Waals surface area contributed by atoms with Gasteiger partial charge in [-0.3, -0.25) is 19.4 Å². The van der Waals surface area contributed by atoms with Gasteiger partial charge in [-0.05, 0) is 43.0 Å². The van der Waals surface area contributed by atoms with Gasteiger partial charge < -0.3 is 14.7 Å². The molecule has 0 aliphatic carbocycles. The molecule has 7 nitrogen and oxygen atoms in total. The van der Waals surface area contributed by atoms with Gasteiger partial charge in [0.05, 0.1) is 11.4 Å². The quantitative estimate of drug-likeness (QED) is 0.687. The van der Waals surface area contributed by atoms with Crippen LogP contribution in [0.3, 0.4) is 0 Å². The summed E-state index contributed by atoms with van der Waals surface area (Å²) in [6.45, 7) is 3.12. The Morgan fingerprint density at radius 1 is 1.13 bits per heavy atom. The number of fused-ring (bicyclic) bond motifs is 1. The first-order chi connectivity index (χ1) is 15.0. The number of piperidine rings is 1. The zero-order chi connectivity index (χ0) is 21.8. The van der Waals surface area contributed by atoms with Gasteiger partial charge in [-0.1, -0.05) is 12.1 Å². The normalized spacial score (nSPS) is 19.3. The van der Waals surface area contributed by atoms with Crippen molar-refractivity contribution in [2.45, 2.75) is 38.6 Å². The molecule has 2 aliphatic rings. The highest BCUT2D eigenvalue weighted by atomic mass is 16.2. The lowest BCUT2D eigenvalue weighted by molar-refractivity contribution is -0.142. The van der Waals surface area contributed by atoms with Crippen molar-refractivity contribution in [1.29, 1.82) is 0 Å². The molecule has 3 heterocycles. The van der Waals surface area contributed by atoms with Gasteiger partial charge in [0, 0.05) is 64.2 Å². The molecular weight excluding hydrogens is 392 g/mol. The number of carbonyl (C=O) groups is 3. The van der Waals surface area contributed by atoms with Gasteiger partial charge in [-0.2, -0.15) is 0 Å². The largest absolute Gasteiger partial charge is 0.343 e. The maximum absolute atomic E-state index is 13.1. The fourth-order valence-electron chi connectivity index (χ4n) is 4.61. The van der Waals surface area contributed by atoms with Gasteiger partial charge in [0.1, 0.15) is 0 Å². The van der Waals surface area contributed by atoms with E-state index in [0.29, 0.717) is 45.4 Å². The summed E-state index contributed by atoms with van der Waals surface area (Å²) in [7, 11) is 1.83. The Morgan fingerprint density at radius 2 is 1.94 bits per heavy atom. The topological polar surface area (TPSA) is 73.8 Å². The summed E-state index contributed by atoms with van der Waals surface area (Å²) in [5, 5.41) is 1.06. The van der Waals surface area contributed by atoms with E-state index in [4.69, 9.17) is 0 Å². The van der Waals surface area contributed by atoms with Crippen LogP contribution in [0.1, 0.15) is 37.7 Å². The van der Waals surface area contributed by atoms with E-state index in [1.165, 1.54) is 0 Å². The van der Waals surface area contributed by atoms with Gasteiger partial charge in [0.25, 0.3) is 0 Å². The maximum Gasteiger partial charge on any atom is 0.227 e. The Kier molecular flexibility index (Phi) is 6.49. The summed E-state index contributed by atoms with van der Waals surface area (Å²) < 4.78 is 0. The van der Waals surface area contributed by atoms with Crippen LogP contribution in [0.4, 0.5) is 0 Å². The van der Waals surface area contributed by atoms with Crippen LogP contribution in [0.2, 0.25) is 0 Å². The lowest BCUT2D eigenvalue weighted by Crippen LogP contribution is -2.46. The van der Waals surface area contributed by atoms with Gasteiger partial charge >= 0.3 is 0 Å². The second-order valence-corrected chi connectivity index (χ2v) is 8.64. The van der Waals surface area contributed by atoms with Crippen molar-refractivity contribution in [3.8, 4) is 0 Å². The molecule has 1 aromatic heterocycles. The molecule has 0 N–H and O–H groups in total. The molecule has 2 saturated heterocycles. The van der Waals surface area contributed by atoms with E-state index >= 15 is 0 Å². The highest BCUT2D eigenvalue weighted by molar-refractivity contribution is 5.84. The minimum atomic E-state index is -0.168. The van der Waals surface area contributed by atoms with Gasteiger partial charge in [-0.25, -0.2) is 0 Å². The molecule has 31 heavy (non-hydrogen) atoms. The molecule has 3 amide bonds. The van der Waals surface area contributed by atoms with Crippen molar-refractivity contribution in [1.82, 2.24) is 19.7 Å². The third-order valence-corrected chi connectivity index (χ3v) is 6.34. The number of rotatable bonds is 7. The highest BCUT2D eigenvalue weighted by Crippen LogP contribution is 2.22. The third-order valence-electron chi connectivity index (χ3n) is 6.34. The summed E-state index contributed by atoms with van der Waals surface area (Å²) in [5.41, 5.74) is 2.01. The van der Waals surface area contributed by atoms with E-state index in [-0.39, 0.29) is 23.6 Å². The van der Waals surface area contributed by atoms with E-state index in [2.05, 4.69) is 11.1 Å². The number of benzene rings is 1. The Hall–Kier alpha value is -2.96. The summed E-state index contributed by atoms with van der Waals surface area (Å²) in [5.74, 6) is 0.238. The van der Waals surface area contributed by atoms with Gasteiger partial charge in [0.2, 0.25) is 17.7 Å². The van der Waals surface area contributed by atoms with Crippen LogP contribution in [0.15, 0.2) is 36.5 Å². The van der Waals surface area contributed by atoms with E-state index in [0.717, 1.165) is 35.9 Å². The number of nitrogens with zero attached hydrogens (tertiary/aromatic N) is 4. The maximum atomic E-state index is 13.1. The molecule has 0 bridgehead atoms. The molecule has 0 saturated carbocycles. The molecule has 4 rings (SSSR count). The number of hydrogen-bond acceptors (Lipinski definition) is 4. The second-order valence-electron chi connectivity index (χ2n) is 8.64. The molecule has 2 aromatic rings. The standard InChI is InChI=1S/C24H30N4O3/c1-26(16-18-7-9-21-19(15-18)5-2-11-25-21)24(31)20-8-10-23(30)28(17-20)14-4-13-27-12-3-6-22(27)29/h2,5,7,9,11,15,20H,3-4,6,8,10,12-14,16-17H2,1H3/t20-/m1/s1. The first-order valence-electron chi connectivity index (χ1n) is 11.2. The zero-order valence-electron chi connectivity index (χ0n) is 18.1. The summed E-state index contributed by atoms with van der Waals surface area (Å²) in [4.78, 5) is 47.0. The molecule has 7 heteroatoms. The average molecular weight is 423 g/mol. The van der Waals surface area contributed by atoms with Crippen LogP contribution in [0.25, 0.3) is 10.9 Å². The van der Waals surface area contributed by atoms with E-state index < -0.39 is 0 Å². The van der Waals surface area contributed by atoms with Crippen molar-refractivity contribution in [3.05, 3.63) is 42.1 Å². The van der Waals surface area contributed by atoms with Gasteiger partial charge in [0.15, 0.2) is 0 Å². The first kappa shape index (κ1) is 21.3. The molecule has 0 spiro atoms. The summed E-state index contributed by atoms with van der Waals surface area (Å²) in [6.07, 6.45) is 5.12. The second kappa shape index (κ2) is 9.45. The lowest BCUT2D eigenvalue weighted by atomic mass is 9.95. The van der Waals surface area contributed by atoms with Crippen molar-refractivity contribution < 1.29 is 14.4 Å². The predicted octanol–water partition coefficient (Wildman–Crippen LogP) is 2.44. The molecular formula is C24H30N4O3. The van der Waals surface area contributed by atoms with E-state index in [1.54, 1.807) is 11.1 Å². The molecule has 0 radical (unpaired) electrons. The van der Waals surface area contributed by atoms with E-state index in [1.807, 2.05) is 41.1 Å². The molecule has 1 atom stereocenters. The minimum absolute atomic E-state index is 0.0819. The molecule has 164 valence electrons. The number of hydrogen-bond donors (Lipinski definition) is 0. The number of likely N-dealkylation sites (tertiary alicyclic amines) is 2. The van der Waals surface area contributed by atoms with Crippen LogP contribution in [-0.2, 0) is 20.9 Å². The smallest absolute Gasteiger partial charge is 0.227 e. The number of pyridine rings is 1. The number of aromatic nitrogens is 1. The monoisotopic (exact) mass is 422 g/mol. The SMILES string of the molecule is CN(Cc1ccc2ncccc2c1)C(=O)[C@@H]1CCC(=O)N(CCCN2CCCC2=O)C1. The fourth-order valence-corrected chi connectivity index (χ4v) is 4.61. The van der Waals surface area contributed by atoms with Crippen LogP contribution in [0.5, 0.6) is 0 Å². The summed E-state index contributed by atoms with van der Waals surface area (Å²) in [6, 6.07) is 10.00.